The average Bonchev–Trinajstić information content (AvgIpc) is 2.81. The predicted molar refractivity (Wildman–Crippen MR) is 136 cm³/mol. The van der Waals surface area contributed by atoms with Crippen molar-refractivity contribution < 1.29 is 14.0 Å². The molecule has 186 valence electrons. The number of hydrogen-bond acceptors (Lipinski definition) is 3. The molecule has 2 aromatic rings. The normalized spacial score (nSPS) is 13.4. The summed E-state index contributed by atoms with van der Waals surface area (Å²) in [7, 11) is 1.48. The molecule has 0 bridgehead atoms. The highest BCUT2D eigenvalue weighted by molar-refractivity contribution is 5.94. The molecule has 0 unspecified atom stereocenters. The minimum absolute atomic E-state index is 0.0158. The van der Waals surface area contributed by atoms with E-state index in [1.165, 1.54) is 19.2 Å². The molecule has 2 rings (SSSR count). The van der Waals surface area contributed by atoms with Gasteiger partial charge in [-0.3, -0.25) is 14.5 Å². The Morgan fingerprint density at radius 3 is 2.21 bits per heavy atom. The van der Waals surface area contributed by atoms with E-state index in [1.54, 1.807) is 6.07 Å². The highest BCUT2D eigenvalue weighted by Gasteiger charge is 2.29. The highest BCUT2D eigenvalue weighted by Crippen LogP contribution is 2.37. The molecule has 34 heavy (non-hydrogen) atoms. The van der Waals surface area contributed by atoms with Crippen LogP contribution >= 0.6 is 0 Å². The molecule has 2 aromatic carbocycles. The van der Waals surface area contributed by atoms with Gasteiger partial charge in [-0.1, -0.05) is 71.0 Å². The molecular formula is C28H40FN3O2. The van der Waals surface area contributed by atoms with Gasteiger partial charge in [0.25, 0.3) is 5.91 Å². The van der Waals surface area contributed by atoms with Gasteiger partial charge < -0.3 is 10.6 Å². The maximum absolute atomic E-state index is 14.5. The zero-order chi connectivity index (χ0) is 25.3. The summed E-state index contributed by atoms with van der Waals surface area (Å²) < 4.78 is 14.5. The van der Waals surface area contributed by atoms with Crippen molar-refractivity contribution in [3.8, 4) is 0 Å². The second-order valence-electron chi connectivity index (χ2n) is 9.81. The third-order valence-electron chi connectivity index (χ3n) is 6.48. The number of nitrogens with zero attached hydrogens (tertiary/aromatic N) is 1. The molecule has 0 saturated carbocycles. The Morgan fingerprint density at radius 1 is 1.03 bits per heavy atom. The van der Waals surface area contributed by atoms with Gasteiger partial charge in [-0.25, -0.2) is 4.39 Å². The van der Waals surface area contributed by atoms with Gasteiger partial charge in [0.2, 0.25) is 5.91 Å². The molecular weight excluding hydrogens is 429 g/mol. The number of halogens is 1. The fourth-order valence-electron chi connectivity index (χ4n) is 4.45. The Bertz CT molecular complexity index is 936. The molecule has 2 atom stereocenters. The first kappa shape index (κ1) is 27.5. The van der Waals surface area contributed by atoms with Gasteiger partial charge >= 0.3 is 0 Å². The van der Waals surface area contributed by atoms with Crippen molar-refractivity contribution in [3.63, 3.8) is 0 Å². The third-order valence-corrected chi connectivity index (χ3v) is 6.48. The van der Waals surface area contributed by atoms with E-state index in [0.29, 0.717) is 19.4 Å². The van der Waals surface area contributed by atoms with E-state index in [0.717, 1.165) is 24.2 Å². The molecule has 0 aliphatic carbocycles. The molecule has 0 radical (unpaired) electrons. The molecule has 0 saturated heterocycles. The number of hydrogen-bond donors (Lipinski definition) is 2. The van der Waals surface area contributed by atoms with Crippen molar-refractivity contribution >= 4 is 11.8 Å². The highest BCUT2D eigenvalue weighted by atomic mass is 19.1. The van der Waals surface area contributed by atoms with Crippen LogP contribution in [0.15, 0.2) is 48.5 Å². The van der Waals surface area contributed by atoms with Crippen LogP contribution in [0.3, 0.4) is 0 Å². The van der Waals surface area contributed by atoms with Gasteiger partial charge in [0, 0.05) is 26.1 Å². The maximum Gasteiger partial charge on any atom is 0.253 e. The Kier molecular flexibility index (Phi) is 10.2. The predicted octanol–water partition coefficient (Wildman–Crippen LogP) is 4.77. The number of nitrogens with one attached hydrogen (secondary N) is 2. The second kappa shape index (κ2) is 12.7. The zero-order valence-electron chi connectivity index (χ0n) is 21.5. The first-order valence-electron chi connectivity index (χ1n) is 12.2. The van der Waals surface area contributed by atoms with Gasteiger partial charge in [0.15, 0.2) is 0 Å². The van der Waals surface area contributed by atoms with E-state index in [4.69, 9.17) is 0 Å². The van der Waals surface area contributed by atoms with Crippen LogP contribution in [0, 0.1) is 11.2 Å². The fraction of sp³-hybridized carbons (Fsp3) is 0.500. The molecule has 0 aromatic heterocycles. The summed E-state index contributed by atoms with van der Waals surface area (Å²) in [5.41, 5.74) is 1.94. The van der Waals surface area contributed by atoms with Crippen molar-refractivity contribution in [2.75, 3.05) is 26.7 Å². The summed E-state index contributed by atoms with van der Waals surface area (Å²) >= 11 is 0. The Balaban J connectivity index is 2.12. The molecule has 2 N–H and O–H groups in total. The number of benzene rings is 2. The van der Waals surface area contributed by atoms with Crippen LogP contribution < -0.4 is 10.6 Å². The summed E-state index contributed by atoms with van der Waals surface area (Å²) in [5.74, 6) is -0.854. The number of carbonyl (C=O) groups is 2. The van der Waals surface area contributed by atoms with Crippen molar-refractivity contribution in [2.24, 2.45) is 5.41 Å². The second-order valence-corrected chi connectivity index (χ2v) is 9.81. The Labute approximate surface area is 204 Å². The van der Waals surface area contributed by atoms with Crippen molar-refractivity contribution in [3.05, 3.63) is 71.0 Å². The molecule has 0 aliphatic rings. The molecule has 0 spiro atoms. The first-order valence-corrected chi connectivity index (χ1v) is 12.2. The topological polar surface area (TPSA) is 61.4 Å². The summed E-state index contributed by atoms with van der Waals surface area (Å²) in [4.78, 5) is 27.1. The molecule has 0 aliphatic heterocycles. The van der Waals surface area contributed by atoms with E-state index in [-0.39, 0.29) is 28.8 Å². The van der Waals surface area contributed by atoms with Crippen LogP contribution in [0.1, 0.15) is 68.4 Å². The third kappa shape index (κ3) is 7.66. The van der Waals surface area contributed by atoms with E-state index < -0.39 is 11.7 Å². The van der Waals surface area contributed by atoms with Gasteiger partial charge in [0.05, 0.1) is 5.56 Å². The van der Waals surface area contributed by atoms with Gasteiger partial charge in [-0.05, 0) is 54.1 Å². The minimum atomic E-state index is -0.532. The lowest BCUT2D eigenvalue weighted by atomic mass is 9.74. The summed E-state index contributed by atoms with van der Waals surface area (Å²) in [6.45, 7) is 12.8. The standard InChI is InChI=1S/C28H40FN3O2/c1-7-32(8-2)22(16-20-14-15-23(25(29)17-20)27(34)30-6)19-31-26(33)18-24(28(3,4)5)21-12-10-9-11-13-21/h9-15,17,22,24H,7-8,16,18-19H2,1-6H3,(H,30,34)(H,31,33)/t22-,24+/m0/s1. The Hall–Kier alpha value is -2.73. The number of amides is 2. The lowest BCUT2D eigenvalue weighted by molar-refractivity contribution is -0.122. The molecule has 6 heteroatoms. The van der Waals surface area contributed by atoms with Gasteiger partial charge in [0.1, 0.15) is 5.82 Å². The molecule has 5 nitrogen and oxygen atoms in total. The van der Waals surface area contributed by atoms with Crippen molar-refractivity contribution in [2.45, 2.75) is 59.4 Å². The largest absolute Gasteiger partial charge is 0.355 e. The van der Waals surface area contributed by atoms with Crippen molar-refractivity contribution in [1.82, 2.24) is 15.5 Å². The van der Waals surface area contributed by atoms with E-state index >= 15 is 0 Å². The van der Waals surface area contributed by atoms with Gasteiger partial charge in [-0.15, -0.1) is 0 Å². The lowest BCUT2D eigenvalue weighted by Gasteiger charge is -2.32. The van der Waals surface area contributed by atoms with Gasteiger partial charge in [-0.2, -0.15) is 0 Å². The zero-order valence-corrected chi connectivity index (χ0v) is 21.5. The number of rotatable bonds is 11. The lowest BCUT2D eigenvalue weighted by Crippen LogP contribution is -2.45. The van der Waals surface area contributed by atoms with Crippen LogP contribution in [0.5, 0.6) is 0 Å². The monoisotopic (exact) mass is 469 g/mol. The average molecular weight is 470 g/mol. The smallest absolute Gasteiger partial charge is 0.253 e. The van der Waals surface area contributed by atoms with Crippen LogP contribution in [-0.2, 0) is 11.2 Å². The molecule has 0 fully saturated rings. The number of likely N-dealkylation sites (N-methyl/N-ethyl adjacent to an activating group) is 1. The molecule has 0 heterocycles. The quantitative estimate of drug-likeness (QED) is 0.498. The van der Waals surface area contributed by atoms with E-state index in [1.807, 2.05) is 18.2 Å². The maximum atomic E-state index is 14.5. The first-order chi connectivity index (χ1) is 16.1. The minimum Gasteiger partial charge on any atom is -0.355 e. The van der Waals surface area contributed by atoms with E-state index in [9.17, 15) is 14.0 Å². The molecule has 2 amide bonds. The summed E-state index contributed by atoms with van der Waals surface area (Å²) in [5, 5.41) is 5.59. The summed E-state index contributed by atoms with van der Waals surface area (Å²) in [6.07, 6.45) is 0.988. The van der Waals surface area contributed by atoms with E-state index in [2.05, 4.69) is 62.3 Å². The van der Waals surface area contributed by atoms with Crippen LogP contribution in [-0.4, -0.2) is 49.4 Å². The summed E-state index contributed by atoms with van der Waals surface area (Å²) in [6, 6.07) is 14.9. The van der Waals surface area contributed by atoms with Crippen LogP contribution in [0.2, 0.25) is 0 Å². The van der Waals surface area contributed by atoms with Crippen LogP contribution in [0.4, 0.5) is 4.39 Å². The fourth-order valence-corrected chi connectivity index (χ4v) is 4.45. The number of carbonyl (C=O) groups excluding carboxylic acids is 2. The van der Waals surface area contributed by atoms with Crippen molar-refractivity contribution in [1.29, 1.82) is 0 Å². The Morgan fingerprint density at radius 2 is 1.68 bits per heavy atom. The SMILES string of the molecule is CCN(CC)[C@H](CNC(=O)C[C@H](c1ccccc1)C(C)(C)C)Cc1ccc(C(=O)NC)c(F)c1. The van der Waals surface area contributed by atoms with Crippen LogP contribution in [0.25, 0.3) is 0 Å².